The Morgan fingerprint density at radius 2 is 1.86 bits per heavy atom. The normalized spacial score (nSPS) is 17.5. The van der Waals surface area contributed by atoms with E-state index in [-0.39, 0.29) is 18.2 Å². The minimum absolute atomic E-state index is 0.115. The molecule has 0 bridgehead atoms. The minimum atomic E-state index is -0.729. The molecule has 35 heavy (non-hydrogen) atoms. The maximum Gasteiger partial charge on any atom is 0.331 e. The zero-order valence-electron chi connectivity index (χ0n) is 19.2. The first-order chi connectivity index (χ1) is 16.9. The maximum atomic E-state index is 13.1. The van der Waals surface area contributed by atoms with Crippen LogP contribution in [0.5, 0.6) is 11.5 Å². The average molecular weight is 538 g/mol. The SMILES string of the molecule is CCOc1cc(/C=C2\C(=O)NC(=O)N(C3CCCC3)C2=O)c(Br)cc1OCc1ccccc1C#N. The van der Waals surface area contributed by atoms with Crippen molar-refractivity contribution in [1.29, 1.82) is 5.26 Å². The van der Waals surface area contributed by atoms with Crippen molar-refractivity contribution in [3.05, 3.63) is 63.1 Å². The number of barbiturate groups is 1. The molecule has 9 heteroatoms. The molecule has 1 aliphatic heterocycles. The molecular formula is C26H24BrN3O5. The highest BCUT2D eigenvalue weighted by Gasteiger charge is 2.40. The van der Waals surface area contributed by atoms with Gasteiger partial charge in [0.1, 0.15) is 12.2 Å². The molecule has 0 radical (unpaired) electrons. The largest absolute Gasteiger partial charge is 0.490 e. The van der Waals surface area contributed by atoms with Crippen LogP contribution < -0.4 is 14.8 Å². The van der Waals surface area contributed by atoms with Crippen LogP contribution in [0.4, 0.5) is 4.79 Å². The van der Waals surface area contributed by atoms with Gasteiger partial charge in [0, 0.05) is 16.1 Å². The zero-order valence-corrected chi connectivity index (χ0v) is 20.8. The Morgan fingerprint density at radius 1 is 1.14 bits per heavy atom. The summed E-state index contributed by atoms with van der Waals surface area (Å²) in [5.41, 5.74) is 1.67. The van der Waals surface area contributed by atoms with E-state index >= 15 is 0 Å². The summed E-state index contributed by atoms with van der Waals surface area (Å²) < 4.78 is 12.3. The molecule has 0 unspecified atom stereocenters. The van der Waals surface area contributed by atoms with E-state index in [1.54, 1.807) is 24.3 Å². The van der Waals surface area contributed by atoms with Crippen LogP contribution in [0.15, 0.2) is 46.4 Å². The fraction of sp³-hybridized carbons (Fsp3) is 0.308. The highest BCUT2D eigenvalue weighted by molar-refractivity contribution is 9.10. The molecule has 1 saturated heterocycles. The van der Waals surface area contributed by atoms with Gasteiger partial charge in [-0.3, -0.25) is 19.8 Å². The van der Waals surface area contributed by atoms with Gasteiger partial charge in [-0.15, -0.1) is 0 Å². The Hall–Kier alpha value is -3.64. The Balaban J connectivity index is 1.64. The molecule has 2 aliphatic rings. The molecule has 4 amide bonds. The Bertz CT molecular complexity index is 1240. The van der Waals surface area contributed by atoms with E-state index < -0.39 is 17.8 Å². The number of halogens is 1. The number of carbonyl (C=O) groups is 3. The van der Waals surface area contributed by atoms with Crippen LogP contribution in [0.1, 0.15) is 49.3 Å². The van der Waals surface area contributed by atoms with Gasteiger partial charge >= 0.3 is 6.03 Å². The van der Waals surface area contributed by atoms with Gasteiger partial charge in [0.05, 0.1) is 18.2 Å². The first-order valence-electron chi connectivity index (χ1n) is 11.4. The van der Waals surface area contributed by atoms with E-state index in [2.05, 4.69) is 27.3 Å². The smallest absolute Gasteiger partial charge is 0.331 e. The van der Waals surface area contributed by atoms with E-state index in [4.69, 9.17) is 9.47 Å². The summed E-state index contributed by atoms with van der Waals surface area (Å²) in [4.78, 5) is 39.2. The quantitative estimate of drug-likeness (QED) is 0.404. The summed E-state index contributed by atoms with van der Waals surface area (Å²) >= 11 is 3.49. The van der Waals surface area contributed by atoms with Gasteiger partial charge in [0.2, 0.25) is 0 Å². The van der Waals surface area contributed by atoms with Gasteiger partial charge in [0.25, 0.3) is 11.8 Å². The van der Waals surface area contributed by atoms with E-state index in [0.717, 1.165) is 31.2 Å². The second-order valence-electron chi connectivity index (χ2n) is 8.24. The fourth-order valence-electron chi connectivity index (χ4n) is 4.27. The van der Waals surface area contributed by atoms with Crippen molar-refractivity contribution in [2.75, 3.05) is 6.61 Å². The van der Waals surface area contributed by atoms with Crippen LogP contribution in [-0.4, -0.2) is 35.4 Å². The predicted octanol–water partition coefficient (Wildman–Crippen LogP) is 4.70. The van der Waals surface area contributed by atoms with Gasteiger partial charge in [-0.05, 0) is 49.6 Å². The number of nitrogens with zero attached hydrogens (tertiary/aromatic N) is 2. The number of carbonyl (C=O) groups excluding carboxylic acids is 3. The number of amides is 4. The average Bonchev–Trinajstić information content (AvgIpc) is 3.37. The number of ether oxygens (including phenoxy) is 2. The number of imide groups is 2. The van der Waals surface area contributed by atoms with Crippen LogP contribution in [-0.2, 0) is 16.2 Å². The van der Waals surface area contributed by atoms with E-state index in [9.17, 15) is 19.6 Å². The summed E-state index contributed by atoms with van der Waals surface area (Å²) in [6.07, 6.45) is 4.81. The molecule has 0 spiro atoms. The lowest BCUT2D eigenvalue weighted by molar-refractivity contribution is -0.131. The van der Waals surface area contributed by atoms with E-state index in [0.29, 0.717) is 33.7 Å². The Labute approximate surface area is 211 Å². The fourth-order valence-corrected chi connectivity index (χ4v) is 4.71. The molecule has 1 N–H and O–H groups in total. The van der Waals surface area contributed by atoms with Crippen molar-refractivity contribution in [2.24, 2.45) is 0 Å². The number of benzene rings is 2. The standard InChI is InChI=1S/C26H24BrN3O5/c1-2-34-22-12-18(21(27)13-23(22)35-15-17-8-4-3-7-16(17)14-28)11-20-24(31)29-26(33)30(25(20)32)19-9-5-6-10-19/h3-4,7-8,11-13,19H,2,5-6,9-10,15H2,1H3,(H,29,31,33)/b20-11+. The molecule has 2 aromatic carbocycles. The third-order valence-corrected chi connectivity index (χ3v) is 6.69. The summed E-state index contributed by atoms with van der Waals surface area (Å²) in [7, 11) is 0. The minimum Gasteiger partial charge on any atom is -0.490 e. The van der Waals surface area contributed by atoms with Crippen LogP contribution >= 0.6 is 15.9 Å². The third-order valence-electron chi connectivity index (χ3n) is 6.01. The lowest BCUT2D eigenvalue weighted by Crippen LogP contribution is -2.57. The summed E-state index contributed by atoms with van der Waals surface area (Å²) in [5.74, 6) is -0.461. The number of hydrogen-bond acceptors (Lipinski definition) is 6. The second kappa shape index (κ2) is 10.7. The van der Waals surface area contributed by atoms with Gasteiger partial charge in [0.15, 0.2) is 11.5 Å². The summed E-state index contributed by atoms with van der Waals surface area (Å²) in [6, 6.07) is 11.8. The number of hydrogen-bond donors (Lipinski definition) is 1. The molecule has 2 fully saturated rings. The summed E-state index contributed by atoms with van der Waals surface area (Å²) in [6.45, 7) is 2.36. The topological polar surface area (TPSA) is 109 Å². The molecule has 2 aromatic rings. The number of urea groups is 1. The van der Waals surface area contributed by atoms with Crippen LogP contribution in [0.25, 0.3) is 6.08 Å². The van der Waals surface area contributed by atoms with Crippen LogP contribution in [0.2, 0.25) is 0 Å². The zero-order chi connectivity index (χ0) is 24.9. The molecule has 0 atom stereocenters. The number of nitrogens with one attached hydrogen (secondary N) is 1. The molecule has 180 valence electrons. The lowest BCUT2D eigenvalue weighted by atomic mass is 10.0. The molecule has 4 rings (SSSR count). The van der Waals surface area contributed by atoms with Crippen molar-refractivity contribution in [2.45, 2.75) is 45.3 Å². The van der Waals surface area contributed by atoms with Crippen molar-refractivity contribution in [3.63, 3.8) is 0 Å². The van der Waals surface area contributed by atoms with Crippen molar-refractivity contribution >= 4 is 39.9 Å². The van der Waals surface area contributed by atoms with Gasteiger partial charge in [-0.1, -0.05) is 47.0 Å². The van der Waals surface area contributed by atoms with Gasteiger partial charge < -0.3 is 9.47 Å². The highest BCUT2D eigenvalue weighted by Crippen LogP contribution is 2.36. The van der Waals surface area contributed by atoms with Crippen molar-refractivity contribution in [1.82, 2.24) is 10.2 Å². The summed E-state index contributed by atoms with van der Waals surface area (Å²) in [5, 5.41) is 11.6. The maximum absolute atomic E-state index is 13.1. The number of rotatable bonds is 7. The molecule has 8 nitrogen and oxygen atoms in total. The predicted molar refractivity (Wildman–Crippen MR) is 131 cm³/mol. The van der Waals surface area contributed by atoms with Gasteiger partial charge in [-0.2, -0.15) is 5.26 Å². The Kier molecular flexibility index (Phi) is 7.51. The van der Waals surface area contributed by atoms with Crippen molar-refractivity contribution < 1.29 is 23.9 Å². The molecule has 0 aromatic heterocycles. The first kappa shape index (κ1) is 24.5. The number of nitriles is 1. The van der Waals surface area contributed by atoms with Crippen LogP contribution in [0, 0.1) is 11.3 Å². The van der Waals surface area contributed by atoms with E-state index in [1.165, 1.54) is 11.0 Å². The third kappa shape index (κ3) is 5.23. The van der Waals surface area contributed by atoms with E-state index in [1.807, 2.05) is 19.1 Å². The molecule has 1 aliphatic carbocycles. The molecular weight excluding hydrogens is 514 g/mol. The molecule has 1 heterocycles. The molecule has 1 saturated carbocycles. The lowest BCUT2D eigenvalue weighted by Gasteiger charge is -2.31. The Morgan fingerprint density at radius 3 is 2.57 bits per heavy atom. The first-order valence-corrected chi connectivity index (χ1v) is 12.2. The van der Waals surface area contributed by atoms with Crippen LogP contribution in [0.3, 0.4) is 0 Å². The monoisotopic (exact) mass is 537 g/mol. The van der Waals surface area contributed by atoms with Crippen molar-refractivity contribution in [3.8, 4) is 17.6 Å². The second-order valence-corrected chi connectivity index (χ2v) is 9.10. The van der Waals surface area contributed by atoms with Gasteiger partial charge in [-0.25, -0.2) is 4.79 Å². The highest BCUT2D eigenvalue weighted by atomic mass is 79.9.